The predicted octanol–water partition coefficient (Wildman–Crippen LogP) is 7.28. The van der Waals surface area contributed by atoms with Crippen LogP contribution in [0, 0.1) is 22.2 Å². The number of nitrogens with zero attached hydrogens (tertiary/aromatic N) is 5. The van der Waals surface area contributed by atoms with E-state index in [1.54, 1.807) is 62.3 Å². The Kier molecular flexibility index (Phi) is 10.7. The van der Waals surface area contributed by atoms with Crippen molar-refractivity contribution < 1.29 is 24.1 Å². The van der Waals surface area contributed by atoms with Gasteiger partial charge in [0.15, 0.2) is 0 Å². The maximum Gasteiger partial charge on any atom is 0.274 e. The van der Waals surface area contributed by atoms with E-state index in [0.29, 0.717) is 39.1 Å². The molecule has 0 radical (unpaired) electrons. The molecule has 5 aromatic rings. The van der Waals surface area contributed by atoms with Gasteiger partial charge < -0.3 is 39.1 Å². The van der Waals surface area contributed by atoms with E-state index in [9.17, 15) is 20.0 Å². The van der Waals surface area contributed by atoms with Gasteiger partial charge in [0.05, 0.1) is 34.0 Å². The lowest BCUT2D eigenvalue weighted by Crippen LogP contribution is -2.74. The molecular formula is C46H52ClN7O6. The van der Waals surface area contributed by atoms with Crippen LogP contribution in [-0.2, 0) is 17.4 Å². The fourth-order valence-electron chi connectivity index (χ4n) is 9.49. The molecule has 314 valence electrons. The number of aromatic nitrogens is 4. The van der Waals surface area contributed by atoms with Gasteiger partial charge in [-0.3, -0.25) is 9.59 Å². The lowest BCUT2D eigenvalue weighted by atomic mass is 9.49. The number of hydrogen-bond acceptors (Lipinski definition) is 10. The SMILES string of the molecule is Cn1cc(-c2cc(C(C)(C)O)ccc2OC2CC(OC3CCN(c4ncc(C(=O)NC5C(C)(C)C(Oc6ccc(C#N)c(Cl)c6)C5(C)C)cn4)CC3)C2)c2cc[nH]c2c1=O. The summed E-state index contributed by atoms with van der Waals surface area (Å²) in [7, 11) is 1.73. The van der Waals surface area contributed by atoms with E-state index >= 15 is 0 Å². The van der Waals surface area contributed by atoms with Gasteiger partial charge in [-0.1, -0.05) is 45.4 Å². The van der Waals surface area contributed by atoms with E-state index in [1.807, 2.05) is 30.5 Å². The number of aliphatic hydroxyl groups is 1. The van der Waals surface area contributed by atoms with Crippen molar-refractivity contribution in [3.8, 4) is 28.7 Å². The van der Waals surface area contributed by atoms with Crippen LogP contribution in [0.4, 0.5) is 5.95 Å². The largest absolute Gasteiger partial charge is 0.490 e. The quantitative estimate of drug-likeness (QED) is 0.123. The average molecular weight is 834 g/mol. The monoisotopic (exact) mass is 833 g/mol. The van der Waals surface area contributed by atoms with Gasteiger partial charge in [0.25, 0.3) is 11.5 Å². The van der Waals surface area contributed by atoms with Gasteiger partial charge in [-0.2, -0.15) is 5.26 Å². The highest BCUT2D eigenvalue weighted by atomic mass is 35.5. The molecule has 1 aliphatic heterocycles. The third-order valence-corrected chi connectivity index (χ3v) is 13.0. The number of nitrogens with one attached hydrogen (secondary N) is 2. The van der Waals surface area contributed by atoms with Crippen molar-refractivity contribution in [2.24, 2.45) is 17.9 Å². The maximum absolute atomic E-state index is 13.4. The number of nitriles is 1. The minimum Gasteiger partial charge on any atom is -0.490 e. The fraction of sp³-hybridized carbons (Fsp3) is 0.457. The van der Waals surface area contributed by atoms with Gasteiger partial charge in [0, 0.05) is 97.2 Å². The minimum absolute atomic E-state index is 0.0232. The Hall–Kier alpha value is -5.42. The molecule has 1 amide bonds. The number of halogens is 1. The summed E-state index contributed by atoms with van der Waals surface area (Å²) in [4.78, 5) is 40.6. The second kappa shape index (κ2) is 15.6. The zero-order valence-electron chi connectivity index (χ0n) is 35.1. The molecule has 0 unspecified atom stereocenters. The molecule has 13 nitrogen and oxygen atoms in total. The Morgan fingerprint density at radius 2 is 1.68 bits per heavy atom. The van der Waals surface area contributed by atoms with E-state index in [0.717, 1.165) is 60.8 Å². The third-order valence-electron chi connectivity index (χ3n) is 12.7. The summed E-state index contributed by atoms with van der Waals surface area (Å²) in [6, 6.07) is 14.6. The lowest BCUT2D eigenvalue weighted by molar-refractivity contribution is -0.164. The highest BCUT2D eigenvalue weighted by molar-refractivity contribution is 6.31. The first-order chi connectivity index (χ1) is 28.4. The second-order valence-electron chi connectivity index (χ2n) is 18.2. The number of rotatable bonds is 11. The Bertz CT molecular complexity index is 2510. The summed E-state index contributed by atoms with van der Waals surface area (Å²) in [5, 5.41) is 24.4. The van der Waals surface area contributed by atoms with Crippen molar-refractivity contribution >= 4 is 34.4 Å². The smallest absolute Gasteiger partial charge is 0.274 e. The van der Waals surface area contributed by atoms with Crippen LogP contribution >= 0.6 is 11.6 Å². The first-order valence-corrected chi connectivity index (χ1v) is 20.9. The summed E-state index contributed by atoms with van der Waals surface area (Å²) < 4.78 is 21.0. The second-order valence-corrected chi connectivity index (χ2v) is 18.6. The van der Waals surface area contributed by atoms with E-state index < -0.39 is 16.4 Å². The minimum atomic E-state index is -1.05. The third kappa shape index (κ3) is 7.72. The van der Waals surface area contributed by atoms with Crippen LogP contribution in [0.3, 0.4) is 0 Å². The summed E-state index contributed by atoms with van der Waals surface area (Å²) in [6.45, 7) is 13.3. The molecular weight excluding hydrogens is 782 g/mol. The summed E-state index contributed by atoms with van der Waals surface area (Å²) in [5.41, 5.74) is 1.78. The van der Waals surface area contributed by atoms with Gasteiger partial charge in [-0.25, -0.2) is 9.97 Å². The van der Waals surface area contributed by atoms with E-state index in [2.05, 4.69) is 58.9 Å². The number of anilines is 1. The molecule has 3 aromatic heterocycles. The number of piperidine rings is 1. The molecule has 2 aromatic carbocycles. The number of aryl methyl sites for hydroxylation is 1. The highest BCUT2D eigenvalue weighted by Crippen LogP contribution is 2.55. The van der Waals surface area contributed by atoms with Crippen molar-refractivity contribution in [1.29, 1.82) is 5.26 Å². The van der Waals surface area contributed by atoms with Gasteiger partial charge in [-0.05, 0) is 62.6 Å². The van der Waals surface area contributed by atoms with Gasteiger partial charge in [-0.15, -0.1) is 0 Å². The van der Waals surface area contributed by atoms with Gasteiger partial charge in [0.1, 0.15) is 35.3 Å². The predicted molar refractivity (Wildman–Crippen MR) is 229 cm³/mol. The zero-order valence-corrected chi connectivity index (χ0v) is 35.8. The Morgan fingerprint density at radius 1 is 0.983 bits per heavy atom. The molecule has 3 N–H and O–H groups in total. The number of fused-ring (bicyclic) bond motifs is 1. The molecule has 0 bridgehead atoms. The molecule has 0 atom stereocenters. The molecule has 8 rings (SSSR count). The van der Waals surface area contributed by atoms with Crippen molar-refractivity contribution in [3.63, 3.8) is 0 Å². The lowest BCUT2D eigenvalue weighted by Gasteiger charge is -2.63. The van der Waals surface area contributed by atoms with Crippen LogP contribution in [0.2, 0.25) is 5.02 Å². The van der Waals surface area contributed by atoms with Crippen LogP contribution in [0.15, 0.2) is 72.0 Å². The number of amides is 1. The van der Waals surface area contributed by atoms with Crippen molar-refractivity contribution in [1.82, 2.24) is 24.8 Å². The normalized spacial score (nSPS) is 22.4. The van der Waals surface area contributed by atoms with Crippen molar-refractivity contribution in [3.05, 3.63) is 99.3 Å². The van der Waals surface area contributed by atoms with Crippen LogP contribution in [0.25, 0.3) is 22.0 Å². The average Bonchev–Trinajstić information content (AvgIpc) is 3.70. The Morgan fingerprint density at radius 3 is 2.33 bits per heavy atom. The number of H-pyrrole nitrogens is 1. The topological polar surface area (TPSA) is 168 Å². The van der Waals surface area contributed by atoms with Gasteiger partial charge in [0.2, 0.25) is 5.95 Å². The number of aromatic amines is 1. The molecule has 2 saturated carbocycles. The van der Waals surface area contributed by atoms with E-state index in [4.69, 9.17) is 25.8 Å². The summed E-state index contributed by atoms with van der Waals surface area (Å²) in [6.07, 6.45) is 9.93. The molecule has 2 aliphatic carbocycles. The molecule has 14 heteroatoms. The molecule has 60 heavy (non-hydrogen) atoms. The first-order valence-electron chi connectivity index (χ1n) is 20.5. The number of carbonyl (C=O) groups excluding carboxylic acids is 1. The number of hydrogen-bond donors (Lipinski definition) is 3. The molecule has 3 fully saturated rings. The summed E-state index contributed by atoms with van der Waals surface area (Å²) >= 11 is 6.25. The van der Waals surface area contributed by atoms with Gasteiger partial charge >= 0.3 is 0 Å². The number of carbonyl (C=O) groups is 1. The molecule has 4 heterocycles. The van der Waals surface area contributed by atoms with Crippen LogP contribution < -0.4 is 25.2 Å². The van der Waals surface area contributed by atoms with Crippen LogP contribution in [0.5, 0.6) is 11.5 Å². The Labute approximate surface area is 354 Å². The molecule has 3 aliphatic rings. The number of ether oxygens (including phenoxy) is 3. The standard InChI is InChI=1S/C46H52ClN7O6/c1-44(2)41(45(3,4)42(44)60-30-10-8-26(22-48)36(47)21-30)52-39(55)27-23-50-43(51-24-27)54-16-13-29(14-17-54)58-31-19-32(20-31)59-37-11-9-28(46(5,6)57)18-34(37)35-25-53(7)40(56)38-33(35)12-15-49-38/h8-12,15,18,21,23-25,29,31-32,41-42,49,57H,13-14,16-17,19-20H2,1-7H3,(H,52,55). The maximum atomic E-state index is 13.4. The summed E-state index contributed by atoms with van der Waals surface area (Å²) in [5.74, 6) is 1.62. The first kappa shape index (κ1) is 41.3. The van der Waals surface area contributed by atoms with Crippen molar-refractivity contribution in [2.75, 3.05) is 18.0 Å². The highest BCUT2D eigenvalue weighted by Gasteiger charge is 2.64. The fourth-order valence-corrected chi connectivity index (χ4v) is 9.70. The number of benzene rings is 2. The van der Waals surface area contributed by atoms with Crippen LogP contribution in [0.1, 0.15) is 88.7 Å². The molecule has 1 saturated heterocycles. The van der Waals surface area contributed by atoms with Crippen molar-refractivity contribution in [2.45, 2.75) is 103 Å². The van der Waals surface area contributed by atoms with E-state index in [1.165, 1.54) is 0 Å². The molecule has 0 spiro atoms. The zero-order chi connectivity index (χ0) is 42.7. The van der Waals surface area contributed by atoms with E-state index in [-0.39, 0.29) is 41.9 Å². The van der Waals surface area contributed by atoms with Crippen LogP contribution in [-0.4, -0.2) is 74.1 Å². The Balaban J connectivity index is 0.825. The number of pyridine rings is 1.